The number of nitrogens with one attached hydrogen (secondary N) is 1. The van der Waals surface area contributed by atoms with E-state index < -0.39 is 0 Å². The second-order valence-corrected chi connectivity index (χ2v) is 7.28. The number of aryl methyl sites for hydroxylation is 1. The highest BCUT2D eigenvalue weighted by molar-refractivity contribution is 7.15. The van der Waals surface area contributed by atoms with Crippen LogP contribution in [0.5, 0.6) is 0 Å². The lowest BCUT2D eigenvalue weighted by Gasteiger charge is -2.20. The van der Waals surface area contributed by atoms with E-state index in [1.807, 2.05) is 6.07 Å². The maximum absolute atomic E-state index is 4.81. The molecule has 0 saturated heterocycles. The van der Waals surface area contributed by atoms with Crippen molar-refractivity contribution in [3.63, 3.8) is 0 Å². The highest BCUT2D eigenvalue weighted by Gasteiger charge is 2.16. The van der Waals surface area contributed by atoms with Crippen molar-refractivity contribution in [3.8, 4) is 0 Å². The molecule has 4 heteroatoms. The molecular weight excluding hydrogens is 278 g/mol. The van der Waals surface area contributed by atoms with Crippen LogP contribution in [0.3, 0.4) is 0 Å². The van der Waals surface area contributed by atoms with Gasteiger partial charge in [-0.05, 0) is 39.3 Å². The molecule has 3 nitrogen and oxygen atoms in total. The first-order valence-corrected chi connectivity index (χ1v) is 8.24. The summed E-state index contributed by atoms with van der Waals surface area (Å²) in [5.41, 5.74) is 2.50. The number of para-hydroxylation sites is 1. The number of nitrogens with zero attached hydrogens (tertiary/aromatic N) is 2. The van der Waals surface area contributed by atoms with Crippen LogP contribution in [0, 0.1) is 0 Å². The van der Waals surface area contributed by atoms with Crippen LogP contribution in [0.1, 0.15) is 38.3 Å². The molecule has 0 radical (unpaired) electrons. The predicted octanol–water partition coefficient (Wildman–Crippen LogP) is 4.36. The summed E-state index contributed by atoms with van der Waals surface area (Å²) in [4.78, 5) is 8.31. The summed E-state index contributed by atoms with van der Waals surface area (Å²) >= 11 is 1.78. The fourth-order valence-electron chi connectivity index (χ4n) is 2.04. The van der Waals surface area contributed by atoms with Crippen LogP contribution >= 0.6 is 11.3 Å². The molecule has 0 spiro atoms. The highest BCUT2D eigenvalue weighted by Crippen LogP contribution is 2.31. The minimum Gasteiger partial charge on any atom is -0.321 e. The Kier molecular flexibility index (Phi) is 5.01. The molecule has 0 bridgehead atoms. The summed E-state index contributed by atoms with van der Waals surface area (Å²) in [7, 11) is 2.08. The second-order valence-electron chi connectivity index (χ2n) is 6.22. The molecule has 0 saturated carbocycles. The molecule has 0 aliphatic carbocycles. The summed E-state index contributed by atoms with van der Waals surface area (Å²) in [6, 6.07) is 10.4. The van der Waals surface area contributed by atoms with Gasteiger partial charge in [0.2, 0.25) is 0 Å². The van der Waals surface area contributed by atoms with E-state index in [0.717, 1.165) is 18.1 Å². The van der Waals surface area contributed by atoms with Gasteiger partial charge in [0.15, 0.2) is 5.13 Å². The largest absolute Gasteiger partial charge is 0.321 e. The maximum Gasteiger partial charge on any atom is 0.190 e. The van der Waals surface area contributed by atoms with E-state index >= 15 is 0 Å². The molecule has 1 aromatic heterocycles. The van der Waals surface area contributed by atoms with Crippen LogP contribution in [0.2, 0.25) is 0 Å². The van der Waals surface area contributed by atoms with Crippen molar-refractivity contribution in [2.75, 3.05) is 11.9 Å². The SMILES string of the molecule is CCc1nc(N(C)c2ccccc2)sc1CNC(C)(C)C. The van der Waals surface area contributed by atoms with E-state index in [1.54, 1.807) is 11.3 Å². The Balaban J connectivity index is 2.20. The van der Waals surface area contributed by atoms with Crippen molar-refractivity contribution in [1.29, 1.82) is 0 Å². The van der Waals surface area contributed by atoms with E-state index in [0.29, 0.717) is 0 Å². The standard InChI is InChI=1S/C17H25N3S/c1-6-14-15(12-18-17(2,3)4)21-16(19-14)20(5)13-10-8-7-9-11-13/h7-11,18H,6,12H2,1-5H3. The monoisotopic (exact) mass is 303 g/mol. The molecule has 0 atom stereocenters. The van der Waals surface area contributed by atoms with Gasteiger partial charge in [-0.15, -0.1) is 0 Å². The van der Waals surface area contributed by atoms with Crippen molar-refractivity contribution in [1.82, 2.24) is 10.3 Å². The van der Waals surface area contributed by atoms with Crippen LogP contribution < -0.4 is 10.2 Å². The molecule has 0 aliphatic heterocycles. The van der Waals surface area contributed by atoms with Gasteiger partial charge in [0.05, 0.1) is 5.69 Å². The van der Waals surface area contributed by atoms with E-state index in [1.165, 1.54) is 16.3 Å². The third-order valence-electron chi connectivity index (χ3n) is 3.31. The normalized spacial score (nSPS) is 11.7. The Bertz CT molecular complexity index is 569. The van der Waals surface area contributed by atoms with Gasteiger partial charge in [-0.3, -0.25) is 0 Å². The summed E-state index contributed by atoms with van der Waals surface area (Å²) in [5, 5.41) is 4.62. The van der Waals surface area contributed by atoms with Crippen molar-refractivity contribution in [2.24, 2.45) is 0 Å². The van der Waals surface area contributed by atoms with Crippen LogP contribution in [-0.2, 0) is 13.0 Å². The zero-order valence-electron chi connectivity index (χ0n) is 13.6. The van der Waals surface area contributed by atoms with Crippen LogP contribution in [0.4, 0.5) is 10.8 Å². The second kappa shape index (κ2) is 6.58. The topological polar surface area (TPSA) is 28.2 Å². The molecular formula is C17H25N3S. The lowest BCUT2D eigenvalue weighted by atomic mass is 10.1. The van der Waals surface area contributed by atoms with E-state index in [4.69, 9.17) is 4.98 Å². The first-order chi connectivity index (χ1) is 9.90. The van der Waals surface area contributed by atoms with E-state index in [2.05, 4.69) is 69.2 Å². The number of anilines is 2. The van der Waals surface area contributed by atoms with Crippen molar-refractivity contribution in [3.05, 3.63) is 40.9 Å². The molecule has 2 aromatic rings. The van der Waals surface area contributed by atoms with Gasteiger partial charge in [0.1, 0.15) is 0 Å². The molecule has 0 fully saturated rings. The molecule has 114 valence electrons. The molecule has 1 N–H and O–H groups in total. The average molecular weight is 303 g/mol. The summed E-state index contributed by atoms with van der Waals surface area (Å²) < 4.78 is 0. The van der Waals surface area contributed by atoms with Gasteiger partial charge in [-0.2, -0.15) is 0 Å². The molecule has 1 heterocycles. The van der Waals surface area contributed by atoms with Crippen molar-refractivity contribution < 1.29 is 0 Å². The average Bonchev–Trinajstić information content (AvgIpc) is 2.88. The fourth-order valence-corrected chi connectivity index (χ4v) is 3.11. The van der Waals surface area contributed by atoms with Gasteiger partial charge >= 0.3 is 0 Å². The Morgan fingerprint density at radius 1 is 1.19 bits per heavy atom. The number of rotatable bonds is 5. The smallest absolute Gasteiger partial charge is 0.190 e. The molecule has 0 unspecified atom stereocenters. The summed E-state index contributed by atoms with van der Waals surface area (Å²) in [5.74, 6) is 0. The Morgan fingerprint density at radius 2 is 1.86 bits per heavy atom. The van der Waals surface area contributed by atoms with E-state index in [9.17, 15) is 0 Å². The molecule has 2 rings (SSSR count). The molecule has 21 heavy (non-hydrogen) atoms. The molecule has 1 aromatic carbocycles. The van der Waals surface area contributed by atoms with Gasteiger partial charge in [-0.1, -0.05) is 36.5 Å². The zero-order chi connectivity index (χ0) is 15.5. The third-order valence-corrected chi connectivity index (χ3v) is 4.49. The molecule has 0 aliphatic rings. The number of hydrogen-bond acceptors (Lipinski definition) is 4. The Labute approximate surface area is 132 Å². The lowest BCUT2D eigenvalue weighted by molar-refractivity contribution is 0.425. The number of hydrogen-bond donors (Lipinski definition) is 1. The quantitative estimate of drug-likeness (QED) is 0.889. The summed E-state index contributed by atoms with van der Waals surface area (Å²) in [6.07, 6.45) is 0.973. The minimum atomic E-state index is 0.125. The van der Waals surface area contributed by atoms with Crippen LogP contribution in [0.25, 0.3) is 0 Å². The first-order valence-electron chi connectivity index (χ1n) is 7.43. The van der Waals surface area contributed by atoms with Gasteiger partial charge < -0.3 is 10.2 Å². The first kappa shape index (κ1) is 16.0. The Morgan fingerprint density at radius 3 is 2.43 bits per heavy atom. The minimum absolute atomic E-state index is 0.125. The number of aromatic nitrogens is 1. The van der Waals surface area contributed by atoms with Gasteiger partial charge in [-0.25, -0.2) is 4.98 Å². The number of thiazole rings is 1. The van der Waals surface area contributed by atoms with Crippen molar-refractivity contribution >= 4 is 22.2 Å². The summed E-state index contributed by atoms with van der Waals surface area (Å²) in [6.45, 7) is 9.62. The van der Waals surface area contributed by atoms with Crippen molar-refractivity contribution in [2.45, 2.75) is 46.2 Å². The number of benzene rings is 1. The predicted molar refractivity (Wildman–Crippen MR) is 92.6 cm³/mol. The zero-order valence-corrected chi connectivity index (χ0v) is 14.4. The lowest BCUT2D eigenvalue weighted by Crippen LogP contribution is -2.35. The fraction of sp³-hybridized carbons (Fsp3) is 0.471. The van der Waals surface area contributed by atoms with Crippen LogP contribution in [0.15, 0.2) is 30.3 Å². The van der Waals surface area contributed by atoms with Crippen LogP contribution in [-0.4, -0.2) is 17.6 Å². The van der Waals surface area contributed by atoms with E-state index in [-0.39, 0.29) is 5.54 Å². The molecule has 0 amide bonds. The maximum atomic E-state index is 4.81. The third kappa shape index (κ3) is 4.29. The Hall–Kier alpha value is -1.39. The van der Waals surface area contributed by atoms with Gasteiger partial charge in [0, 0.05) is 29.7 Å². The van der Waals surface area contributed by atoms with Gasteiger partial charge in [0.25, 0.3) is 0 Å². The highest BCUT2D eigenvalue weighted by atomic mass is 32.1.